The molecule has 2 N–H and O–H groups in total. The van der Waals surface area contributed by atoms with E-state index in [9.17, 15) is 26.7 Å². The van der Waals surface area contributed by atoms with Crippen LogP contribution < -0.4 is 4.72 Å². The molecule has 1 heterocycles. The molecule has 0 saturated heterocycles. The van der Waals surface area contributed by atoms with Crippen LogP contribution in [0.1, 0.15) is 42.0 Å². The van der Waals surface area contributed by atoms with Crippen molar-refractivity contribution in [2.75, 3.05) is 6.54 Å². The Morgan fingerprint density at radius 2 is 1.79 bits per heavy atom. The van der Waals surface area contributed by atoms with Crippen molar-refractivity contribution >= 4 is 10.0 Å². The molecule has 0 radical (unpaired) electrons. The minimum Gasteiger partial charge on any atom is -0.379 e. The van der Waals surface area contributed by atoms with Gasteiger partial charge in [-0.15, -0.1) is 0 Å². The zero-order valence-electron chi connectivity index (χ0n) is 18.6. The molecule has 0 bridgehead atoms. The molecule has 0 spiro atoms. The summed E-state index contributed by atoms with van der Waals surface area (Å²) in [6.07, 6.45) is -2.59. The molecular formula is C24H26F3N3O3S. The lowest BCUT2D eigenvalue weighted by molar-refractivity contribution is -0.260. The second kappa shape index (κ2) is 9.16. The fourth-order valence-electron chi connectivity index (χ4n) is 4.54. The topological polar surface area (TPSA) is 84.2 Å². The zero-order chi connectivity index (χ0) is 24.6. The van der Waals surface area contributed by atoms with Crippen LogP contribution in [0.5, 0.6) is 0 Å². The molecule has 2 atom stereocenters. The first kappa shape index (κ1) is 24.4. The summed E-state index contributed by atoms with van der Waals surface area (Å²) in [6.45, 7) is 0.330. The SMILES string of the molecule is Cc1c(S(=O)(=O)NCC(O)(CC2CCCc3ccccc32)C(F)(F)F)cnn1-c1ccccc1. The molecule has 10 heteroatoms. The highest BCUT2D eigenvalue weighted by Crippen LogP contribution is 2.42. The van der Waals surface area contributed by atoms with Gasteiger partial charge in [0.1, 0.15) is 4.90 Å². The molecular weight excluding hydrogens is 467 g/mol. The molecule has 3 aromatic rings. The first-order valence-corrected chi connectivity index (χ1v) is 12.5. The van der Waals surface area contributed by atoms with Gasteiger partial charge in [0, 0.05) is 6.54 Å². The van der Waals surface area contributed by atoms with E-state index < -0.39 is 40.7 Å². The fourth-order valence-corrected chi connectivity index (χ4v) is 5.79. The Kier molecular flexibility index (Phi) is 6.58. The number of alkyl halides is 3. The minimum absolute atomic E-state index is 0.246. The third-order valence-corrected chi connectivity index (χ3v) is 7.92. The summed E-state index contributed by atoms with van der Waals surface area (Å²) < 4.78 is 71.3. The number of fused-ring (bicyclic) bond motifs is 1. The number of aryl methyl sites for hydroxylation is 1. The molecule has 0 aliphatic heterocycles. The molecule has 0 amide bonds. The molecule has 0 saturated carbocycles. The van der Waals surface area contributed by atoms with E-state index in [2.05, 4.69) is 5.10 Å². The largest absolute Gasteiger partial charge is 0.418 e. The lowest BCUT2D eigenvalue weighted by atomic mass is 9.76. The fraction of sp³-hybridized carbons (Fsp3) is 0.375. The summed E-state index contributed by atoms with van der Waals surface area (Å²) in [7, 11) is -4.37. The monoisotopic (exact) mass is 493 g/mol. The minimum atomic E-state index is -5.02. The van der Waals surface area contributed by atoms with Gasteiger partial charge in [-0.05, 0) is 61.8 Å². The maximum Gasteiger partial charge on any atom is 0.418 e. The first-order valence-electron chi connectivity index (χ1n) is 11.0. The van der Waals surface area contributed by atoms with Gasteiger partial charge >= 0.3 is 6.18 Å². The van der Waals surface area contributed by atoms with E-state index in [0.29, 0.717) is 18.5 Å². The molecule has 1 aliphatic carbocycles. The van der Waals surface area contributed by atoms with Gasteiger partial charge < -0.3 is 5.11 Å². The van der Waals surface area contributed by atoms with Gasteiger partial charge in [0.2, 0.25) is 10.0 Å². The van der Waals surface area contributed by atoms with Gasteiger partial charge in [0.25, 0.3) is 0 Å². The van der Waals surface area contributed by atoms with Gasteiger partial charge in [-0.3, -0.25) is 0 Å². The Labute approximate surface area is 196 Å². The highest BCUT2D eigenvalue weighted by molar-refractivity contribution is 7.89. The third-order valence-electron chi connectivity index (χ3n) is 6.42. The predicted molar refractivity (Wildman–Crippen MR) is 121 cm³/mol. The Morgan fingerprint density at radius 3 is 2.50 bits per heavy atom. The molecule has 2 unspecified atom stereocenters. The van der Waals surface area contributed by atoms with Gasteiger partial charge in [-0.1, -0.05) is 42.5 Å². The van der Waals surface area contributed by atoms with Crippen molar-refractivity contribution in [3.63, 3.8) is 0 Å². The average Bonchev–Trinajstić information content (AvgIpc) is 3.20. The number of halogens is 3. The summed E-state index contributed by atoms with van der Waals surface area (Å²) >= 11 is 0. The molecule has 182 valence electrons. The van der Waals surface area contributed by atoms with Crippen LogP contribution in [-0.4, -0.2) is 41.6 Å². The molecule has 1 aromatic heterocycles. The van der Waals surface area contributed by atoms with Crippen molar-refractivity contribution in [1.29, 1.82) is 0 Å². The number of benzene rings is 2. The highest BCUT2D eigenvalue weighted by Gasteiger charge is 2.55. The Bertz CT molecular complexity index is 1260. The van der Waals surface area contributed by atoms with E-state index in [1.807, 2.05) is 16.9 Å². The number of para-hydroxylation sites is 1. The maximum absolute atomic E-state index is 14.0. The van der Waals surface area contributed by atoms with E-state index in [-0.39, 0.29) is 10.6 Å². The van der Waals surface area contributed by atoms with Gasteiger partial charge in [0.05, 0.1) is 17.6 Å². The third kappa shape index (κ3) is 4.75. The second-order valence-electron chi connectivity index (χ2n) is 8.69. The van der Waals surface area contributed by atoms with Gasteiger partial charge in [-0.2, -0.15) is 18.3 Å². The second-order valence-corrected chi connectivity index (χ2v) is 10.4. The number of sulfonamides is 1. The lowest BCUT2D eigenvalue weighted by Crippen LogP contribution is -2.54. The number of hydrogen-bond acceptors (Lipinski definition) is 4. The lowest BCUT2D eigenvalue weighted by Gasteiger charge is -2.36. The van der Waals surface area contributed by atoms with Crippen molar-refractivity contribution in [1.82, 2.24) is 14.5 Å². The van der Waals surface area contributed by atoms with E-state index in [1.165, 1.54) is 11.6 Å². The number of aromatic nitrogens is 2. The smallest absolute Gasteiger partial charge is 0.379 e. The molecule has 1 aliphatic rings. The summed E-state index contributed by atoms with van der Waals surface area (Å²) in [5.74, 6) is -0.524. The van der Waals surface area contributed by atoms with E-state index in [4.69, 9.17) is 0 Å². The standard InChI is InChI=1S/C24H26F3N3O3S/c1-17-22(15-28-30(17)20-11-3-2-4-12-20)34(32,33)29-16-23(31,24(25,26)27)14-19-10-7-9-18-8-5-6-13-21(18)19/h2-6,8,11-13,15,19,29,31H,7,9-10,14,16H2,1H3. The van der Waals surface area contributed by atoms with Crippen molar-refractivity contribution in [2.45, 2.75) is 55.2 Å². The van der Waals surface area contributed by atoms with Crippen LogP contribution >= 0.6 is 0 Å². The quantitative estimate of drug-likeness (QED) is 0.515. The van der Waals surface area contributed by atoms with Crippen LogP contribution in [0.4, 0.5) is 13.2 Å². The molecule has 6 nitrogen and oxygen atoms in total. The van der Waals surface area contributed by atoms with Crippen molar-refractivity contribution in [3.8, 4) is 5.69 Å². The molecule has 34 heavy (non-hydrogen) atoms. The summed E-state index contributed by atoms with van der Waals surface area (Å²) in [4.78, 5) is -0.246. The zero-order valence-corrected chi connectivity index (χ0v) is 19.4. The summed E-state index contributed by atoms with van der Waals surface area (Å²) in [6, 6.07) is 16.0. The average molecular weight is 494 g/mol. The number of nitrogens with zero attached hydrogens (tertiary/aromatic N) is 2. The van der Waals surface area contributed by atoms with E-state index >= 15 is 0 Å². The Hall–Kier alpha value is -2.69. The molecule has 4 rings (SSSR count). The van der Waals surface area contributed by atoms with Gasteiger partial charge in [-0.25, -0.2) is 17.8 Å². The van der Waals surface area contributed by atoms with E-state index in [0.717, 1.165) is 23.7 Å². The van der Waals surface area contributed by atoms with Crippen molar-refractivity contribution in [3.05, 3.63) is 77.6 Å². The van der Waals surface area contributed by atoms with Crippen LogP contribution in [0.3, 0.4) is 0 Å². The number of nitrogens with one attached hydrogen (secondary N) is 1. The van der Waals surface area contributed by atoms with Crippen LogP contribution in [0.25, 0.3) is 5.69 Å². The van der Waals surface area contributed by atoms with Crippen LogP contribution in [0.2, 0.25) is 0 Å². The van der Waals surface area contributed by atoms with Crippen molar-refractivity contribution < 1.29 is 26.7 Å². The van der Waals surface area contributed by atoms with Crippen LogP contribution in [0, 0.1) is 6.92 Å². The van der Waals surface area contributed by atoms with Crippen LogP contribution in [-0.2, 0) is 16.4 Å². The summed E-state index contributed by atoms with van der Waals surface area (Å²) in [5.41, 5.74) is -0.620. The Morgan fingerprint density at radius 1 is 1.12 bits per heavy atom. The van der Waals surface area contributed by atoms with Crippen LogP contribution in [0.15, 0.2) is 65.7 Å². The Balaban J connectivity index is 1.57. The number of hydrogen-bond donors (Lipinski definition) is 2. The number of rotatable bonds is 7. The van der Waals surface area contributed by atoms with Crippen molar-refractivity contribution in [2.24, 2.45) is 0 Å². The van der Waals surface area contributed by atoms with E-state index in [1.54, 1.807) is 42.5 Å². The molecule has 0 fully saturated rings. The first-order chi connectivity index (χ1) is 16.0. The maximum atomic E-state index is 14.0. The highest BCUT2D eigenvalue weighted by atomic mass is 32.2. The normalized spacial score (nSPS) is 18.3. The summed E-state index contributed by atoms with van der Waals surface area (Å²) in [5, 5.41) is 14.8. The molecule has 2 aromatic carbocycles. The predicted octanol–water partition coefficient (Wildman–Crippen LogP) is 4.26. The van der Waals surface area contributed by atoms with Gasteiger partial charge in [0.15, 0.2) is 5.60 Å². The number of aliphatic hydroxyl groups is 1.